The van der Waals surface area contributed by atoms with Crippen molar-refractivity contribution in [2.75, 3.05) is 25.4 Å². The minimum absolute atomic E-state index is 0.0139. The van der Waals surface area contributed by atoms with Gasteiger partial charge in [0, 0.05) is 30.8 Å². The number of hydrogen-bond acceptors (Lipinski definition) is 5. The number of sulfonamides is 1. The Hall–Kier alpha value is -2.66. The molecule has 1 atom stereocenters. The van der Waals surface area contributed by atoms with Crippen LogP contribution < -0.4 is 4.74 Å². The van der Waals surface area contributed by atoms with Gasteiger partial charge in [0.15, 0.2) is 5.65 Å². The zero-order chi connectivity index (χ0) is 22.2. The Bertz CT molecular complexity index is 1180. The summed E-state index contributed by atoms with van der Waals surface area (Å²) in [5.74, 6) is 0.108. The number of para-hydroxylation sites is 1. The van der Waals surface area contributed by atoms with Crippen molar-refractivity contribution in [3.8, 4) is 5.75 Å². The van der Waals surface area contributed by atoms with E-state index < -0.39 is 21.9 Å². The lowest BCUT2D eigenvalue weighted by Gasteiger charge is -2.16. The third-order valence-corrected chi connectivity index (χ3v) is 6.98. The molecular formula is C20H21F3N4O3S. The number of nitrogens with zero attached hydrogens (tertiary/aromatic N) is 4. The second-order valence-corrected chi connectivity index (χ2v) is 9.53. The third-order valence-electron chi connectivity index (χ3n) is 5.18. The number of fused-ring (bicyclic) bond motifs is 1. The minimum Gasteiger partial charge on any atom is -0.492 e. The molecule has 0 aliphatic carbocycles. The molecule has 1 aliphatic rings. The Kier molecular flexibility index (Phi) is 5.65. The maximum Gasteiger partial charge on any atom is 0.433 e. The molecule has 1 fully saturated rings. The summed E-state index contributed by atoms with van der Waals surface area (Å²) in [5.41, 5.74) is -0.163. The van der Waals surface area contributed by atoms with E-state index in [2.05, 4.69) is 10.1 Å². The van der Waals surface area contributed by atoms with Gasteiger partial charge in [-0.15, -0.1) is 0 Å². The molecule has 0 radical (unpaired) electrons. The normalized spacial score (nSPS) is 18.0. The lowest BCUT2D eigenvalue weighted by atomic mass is 10.1. The predicted molar refractivity (Wildman–Crippen MR) is 107 cm³/mol. The number of halogens is 3. The highest BCUT2D eigenvalue weighted by Gasteiger charge is 2.37. The van der Waals surface area contributed by atoms with Gasteiger partial charge in [0.1, 0.15) is 18.1 Å². The standard InChI is InChI=1S/C20H21F3N4O3S/c1-14-11-18(20(21,22)23)27-19(24-14)12-17(25-27)15-7-8-26(13-15)31(28,29)10-9-30-16-5-3-2-4-6-16/h2-6,11-12,15H,7-10,13H2,1H3/t15-/m1/s1. The molecule has 11 heteroatoms. The highest BCUT2D eigenvalue weighted by molar-refractivity contribution is 7.89. The highest BCUT2D eigenvalue weighted by atomic mass is 32.2. The highest BCUT2D eigenvalue weighted by Crippen LogP contribution is 2.33. The van der Waals surface area contributed by atoms with E-state index in [-0.39, 0.29) is 42.7 Å². The van der Waals surface area contributed by atoms with Crippen LogP contribution in [0.25, 0.3) is 5.65 Å². The molecule has 1 aromatic carbocycles. The van der Waals surface area contributed by atoms with E-state index in [0.717, 1.165) is 10.6 Å². The predicted octanol–water partition coefficient (Wildman–Crippen LogP) is 3.25. The maximum atomic E-state index is 13.4. The molecule has 0 N–H and O–H groups in total. The van der Waals surface area contributed by atoms with Gasteiger partial charge < -0.3 is 4.74 Å². The van der Waals surface area contributed by atoms with Gasteiger partial charge in [0.25, 0.3) is 0 Å². The first-order valence-corrected chi connectivity index (χ1v) is 11.3. The van der Waals surface area contributed by atoms with Crippen LogP contribution in [0, 0.1) is 6.92 Å². The second-order valence-electron chi connectivity index (χ2n) is 7.44. The molecule has 31 heavy (non-hydrogen) atoms. The van der Waals surface area contributed by atoms with Crippen LogP contribution in [0.15, 0.2) is 42.5 Å². The number of benzene rings is 1. The minimum atomic E-state index is -4.57. The van der Waals surface area contributed by atoms with Gasteiger partial charge in [-0.05, 0) is 31.5 Å². The fraction of sp³-hybridized carbons (Fsp3) is 0.400. The molecule has 3 aromatic rings. The quantitative estimate of drug-likeness (QED) is 0.572. The summed E-state index contributed by atoms with van der Waals surface area (Å²) in [6, 6.07) is 11.4. The summed E-state index contributed by atoms with van der Waals surface area (Å²) in [4.78, 5) is 4.13. The van der Waals surface area contributed by atoms with Gasteiger partial charge in [0.2, 0.25) is 10.0 Å². The monoisotopic (exact) mass is 454 g/mol. The molecule has 2 aromatic heterocycles. The summed E-state index contributed by atoms with van der Waals surface area (Å²) < 4.78 is 73.0. The molecule has 0 amide bonds. The number of rotatable bonds is 6. The van der Waals surface area contributed by atoms with Crippen molar-refractivity contribution in [2.45, 2.75) is 25.4 Å². The topological polar surface area (TPSA) is 76.8 Å². The van der Waals surface area contributed by atoms with Crippen LogP contribution in [0.5, 0.6) is 5.75 Å². The average molecular weight is 454 g/mol. The van der Waals surface area contributed by atoms with Gasteiger partial charge in [-0.2, -0.15) is 18.3 Å². The van der Waals surface area contributed by atoms with Crippen molar-refractivity contribution < 1.29 is 26.3 Å². The molecule has 166 valence electrons. The number of ether oxygens (including phenoxy) is 1. The van der Waals surface area contributed by atoms with Crippen LogP contribution in [0.2, 0.25) is 0 Å². The summed E-state index contributed by atoms with van der Waals surface area (Å²) >= 11 is 0. The van der Waals surface area contributed by atoms with E-state index in [4.69, 9.17) is 4.74 Å². The number of hydrogen-bond donors (Lipinski definition) is 0. The largest absolute Gasteiger partial charge is 0.492 e. The summed E-state index contributed by atoms with van der Waals surface area (Å²) in [6.45, 7) is 1.95. The molecule has 0 saturated carbocycles. The zero-order valence-electron chi connectivity index (χ0n) is 16.7. The Labute approximate surface area is 177 Å². The maximum absolute atomic E-state index is 13.4. The number of aromatic nitrogens is 3. The van der Waals surface area contributed by atoms with Crippen LogP contribution in [0.3, 0.4) is 0 Å². The Morgan fingerprint density at radius 1 is 1.19 bits per heavy atom. The van der Waals surface area contributed by atoms with Crippen LogP contribution in [0.4, 0.5) is 13.2 Å². The number of alkyl halides is 3. The summed E-state index contributed by atoms with van der Waals surface area (Å²) in [7, 11) is -3.56. The van der Waals surface area contributed by atoms with E-state index in [0.29, 0.717) is 17.9 Å². The van der Waals surface area contributed by atoms with Crippen LogP contribution in [-0.2, 0) is 16.2 Å². The van der Waals surface area contributed by atoms with Gasteiger partial charge >= 0.3 is 6.18 Å². The van der Waals surface area contributed by atoms with E-state index in [1.807, 2.05) is 6.07 Å². The molecule has 1 saturated heterocycles. The molecule has 1 aliphatic heterocycles. The lowest BCUT2D eigenvalue weighted by molar-refractivity contribution is -0.142. The fourth-order valence-electron chi connectivity index (χ4n) is 3.65. The van der Waals surface area contributed by atoms with Gasteiger partial charge in [-0.25, -0.2) is 22.2 Å². The van der Waals surface area contributed by atoms with Crippen LogP contribution in [-0.4, -0.2) is 52.8 Å². The molecule has 0 bridgehead atoms. The number of aryl methyl sites for hydroxylation is 1. The average Bonchev–Trinajstić information content (AvgIpc) is 3.34. The van der Waals surface area contributed by atoms with Gasteiger partial charge in [-0.1, -0.05) is 18.2 Å². The first kappa shape index (κ1) is 21.6. The zero-order valence-corrected chi connectivity index (χ0v) is 17.5. The smallest absolute Gasteiger partial charge is 0.433 e. The molecular weight excluding hydrogens is 433 g/mol. The van der Waals surface area contributed by atoms with Crippen molar-refractivity contribution in [2.24, 2.45) is 0 Å². The Morgan fingerprint density at radius 2 is 1.94 bits per heavy atom. The first-order valence-electron chi connectivity index (χ1n) is 9.74. The van der Waals surface area contributed by atoms with Crippen molar-refractivity contribution in [1.29, 1.82) is 0 Å². The summed E-state index contributed by atoms with van der Waals surface area (Å²) in [6.07, 6.45) is -4.10. The molecule has 3 heterocycles. The molecule has 0 unspecified atom stereocenters. The van der Waals surface area contributed by atoms with Crippen LogP contribution in [0.1, 0.15) is 29.4 Å². The van der Waals surface area contributed by atoms with E-state index in [9.17, 15) is 21.6 Å². The van der Waals surface area contributed by atoms with Crippen molar-refractivity contribution in [1.82, 2.24) is 18.9 Å². The third kappa shape index (κ3) is 4.67. The van der Waals surface area contributed by atoms with Crippen molar-refractivity contribution in [3.05, 3.63) is 59.5 Å². The molecule has 0 spiro atoms. The molecule has 7 nitrogen and oxygen atoms in total. The SMILES string of the molecule is Cc1cc(C(F)(F)F)n2nc([C@@H]3CCN(S(=O)(=O)CCOc4ccccc4)C3)cc2n1. The van der Waals surface area contributed by atoms with E-state index >= 15 is 0 Å². The fourth-order valence-corrected chi connectivity index (χ4v) is 4.99. The van der Waals surface area contributed by atoms with Crippen molar-refractivity contribution in [3.63, 3.8) is 0 Å². The molecule has 4 rings (SSSR count). The summed E-state index contributed by atoms with van der Waals surface area (Å²) in [5, 5.41) is 4.11. The van der Waals surface area contributed by atoms with Crippen molar-refractivity contribution >= 4 is 15.7 Å². The Balaban J connectivity index is 1.46. The Morgan fingerprint density at radius 3 is 2.65 bits per heavy atom. The van der Waals surface area contributed by atoms with E-state index in [1.165, 1.54) is 17.3 Å². The second kappa shape index (κ2) is 8.12. The van der Waals surface area contributed by atoms with Crippen LogP contribution >= 0.6 is 0 Å². The van der Waals surface area contributed by atoms with Gasteiger partial charge in [-0.3, -0.25) is 0 Å². The lowest BCUT2D eigenvalue weighted by Crippen LogP contribution is -2.32. The van der Waals surface area contributed by atoms with Gasteiger partial charge in [0.05, 0.1) is 11.4 Å². The first-order chi connectivity index (χ1) is 14.6. The van der Waals surface area contributed by atoms with E-state index in [1.54, 1.807) is 24.3 Å².